The predicted octanol–water partition coefficient (Wildman–Crippen LogP) is 3.62. The highest BCUT2D eigenvalue weighted by molar-refractivity contribution is 14.0. The lowest BCUT2D eigenvalue weighted by atomic mass is 10.2. The Morgan fingerprint density at radius 3 is 2.72 bits per heavy atom. The van der Waals surface area contributed by atoms with Crippen molar-refractivity contribution in [2.24, 2.45) is 4.99 Å². The minimum atomic E-state index is -0.398. The molecule has 2 heterocycles. The molecule has 0 saturated heterocycles. The molecule has 0 aliphatic rings. The lowest BCUT2D eigenvalue weighted by molar-refractivity contribution is 0.0599. The van der Waals surface area contributed by atoms with Crippen molar-refractivity contribution in [3.05, 3.63) is 45.0 Å². The maximum absolute atomic E-state index is 11.6. The second kappa shape index (κ2) is 10.4. The van der Waals surface area contributed by atoms with Gasteiger partial charge in [0.25, 0.3) is 0 Å². The lowest BCUT2D eigenvalue weighted by Gasteiger charge is -2.10. The second-order valence-electron chi connectivity index (χ2n) is 5.25. The summed E-state index contributed by atoms with van der Waals surface area (Å²) in [5.74, 6) is 1.47. The van der Waals surface area contributed by atoms with E-state index in [1.807, 2.05) is 6.92 Å². The first-order valence-electron chi connectivity index (χ1n) is 7.78. The van der Waals surface area contributed by atoms with E-state index >= 15 is 0 Å². The molecule has 0 bridgehead atoms. The minimum absolute atomic E-state index is 0. The van der Waals surface area contributed by atoms with E-state index in [-0.39, 0.29) is 24.0 Å². The number of thiophene rings is 1. The Balaban J connectivity index is 0.00000312. The predicted molar refractivity (Wildman–Crippen MR) is 111 cm³/mol. The van der Waals surface area contributed by atoms with Gasteiger partial charge < -0.3 is 19.8 Å². The number of methoxy groups -OCH3 is 1. The fourth-order valence-corrected chi connectivity index (χ4v) is 3.03. The normalized spacial score (nSPS) is 11.0. The minimum Gasteiger partial charge on any atom is -0.465 e. The number of carbonyl (C=O) groups excluding carboxylic acids is 1. The molecular formula is C17H24IN3O3S. The summed E-state index contributed by atoms with van der Waals surface area (Å²) < 4.78 is 10.3. The summed E-state index contributed by atoms with van der Waals surface area (Å²) in [4.78, 5) is 17.4. The largest absolute Gasteiger partial charge is 0.465 e. The van der Waals surface area contributed by atoms with Gasteiger partial charge in [0.2, 0.25) is 0 Å². The molecule has 2 N–H and O–H groups in total. The van der Waals surface area contributed by atoms with E-state index in [0.717, 1.165) is 13.1 Å². The Morgan fingerprint density at radius 2 is 2.12 bits per heavy atom. The highest BCUT2D eigenvalue weighted by atomic mass is 127. The summed E-state index contributed by atoms with van der Waals surface area (Å²) in [6.45, 7) is 7.68. The van der Waals surface area contributed by atoms with E-state index < -0.39 is 5.97 Å². The van der Waals surface area contributed by atoms with E-state index in [1.54, 1.807) is 24.3 Å². The van der Waals surface area contributed by atoms with Crippen LogP contribution in [-0.4, -0.2) is 25.6 Å². The van der Waals surface area contributed by atoms with Crippen molar-refractivity contribution in [1.29, 1.82) is 0 Å². The Kier molecular flexibility index (Phi) is 8.98. The van der Waals surface area contributed by atoms with Crippen LogP contribution in [0, 0.1) is 13.8 Å². The Bertz CT molecular complexity index is 725. The number of hydrogen-bond acceptors (Lipinski definition) is 5. The van der Waals surface area contributed by atoms with Gasteiger partial charge in [-0.3, -0.25) is 0 Å². The third-order valence-corrected chi connectivity index (χ3v) is 4.52. The van der Waals surface area contributed by atoms with E-state index in [4.69, 9.17) is 9.15 Å². The van der Waals surface area contributed by atoms with Crippen molar-refractivity contribution < 1.29 is 13.9 Å². The highest BCUT2D eigenvalue weighted by Crippen LogP contribution is 2.17. The van der Waals surface area contributed by atoms with Crippen LogP contribution < -0.4 is 10.6 Å². The smallest absolute Gasteiger partial charge is 0.341 e. The molecule has 0 amide bonds. The number of esters is 1. The number of aryl methyl sites for hydroxylation is 2. The van der Waals surface area contributed by atoms with E-state index in [2.05, 4.69) is 34.0 Å². The molecule has 0 aliphatic carbocycles. The highest BCUT2D eigenvalue weighted by Gasteiger charge is 2.15. The van der Waals surface area contributed by atoms with Crippen molar-refractivity contribution in [3.8, 4) is 0 Å². The van der Waals surface area contributed by atoms with Crippen LogP contribution >= 0.6 is 35.3 Å². The first-order chi connectivity index (χ1) is 11.5. The van der Waals surface area contributed by atoms with Gasteiger partial charge in [0.05, 0.1) is 13.7 Å². The number of carbonyl (C=O) groups is 1. The number of guanidine groups is 1. The van der Waals surface area contributed by atoms with Gasteiger partial charge in [-0.2, -0.15) is 0 Å². The molecule has 0 aromatic carbocycles. The molecule has 0 unspecified atom stereocenters. The van der Waals surface area contributed by atoms with Gasteiger partial charge in [-0.05, 0) is 43.8 Å². The number of hydrogen-bond donors (Lipinski definition) is 2. The monoisotopic (exact) mass is 477 g/mol. The molecule has 0 saturated carbocycles. The number of nitrogens with one attached hydrogen (secondary N) is 2. The van der Waals surface area contributed by atoms with Crippen molar-refractivity contribution >= 4 is 47.2 Å². The van der Waals surface area contributed by atoms with Crippen LogP contribution in [0.4, 0.5) is 0 Å². The first kappa shape index (κ1) is 21.5. The summed E-state index contributed by atoms with van der Waals surface area (Å²) in [5.41, 5.74) is 1.71. The number of aliphatic imine (C=N–C) groups is 1. The lowest BCUT2D eigenvalue weighted by Crippen LogP contribution is -2.36. The van der Waals surface area contributed by atoms with Gasteiger partial charge in [-0.25, -0.2) is 9.79 Å². The Labute approximate surface area is 169 Å². The number of nitrogens with zero attached hydrogens (tertiary/aromatic N) is 1. The molecule has 0 spiro atoms. The summed E-state index contributed by atoms with van der Waals surface area (Å²) >= 11 is 1.72. The molecule has 2 rings (SSSR count). The van der Waals surface area contributed by atoms with Crippen molar-refractivity contribution in [1.82, 2.24) is 10.6 Å². The van der Waals surface area contributed by atoms with Crippen LogP contribution in [0.25, 0.3) is 0 Å². The maximum Gasteiger partial charge on any atom is 0.341 e. The average molecular weight is 477 g/mol. The molecule has 6 nitrogen and oxygen atoms in total. The van der Waals surface area contributed by atoms with Gasteiger partial charge in [0.15, 0.2) is 5.96 Å². The Hall–Kier alpha value is -1.55. The molecule has 25 heavy (non-hydrogen) atoms. The van der Waals surface area contributed by atoms with Crippen LogP contribution in [-0.2, 0) is 17.8 Å². The van der Waals surface area contributed by atoms with Gasteiger partial charge in [-0.15, -0.1) is 35.3 Å². The summed E-state index contributed by atoms with van der Waals surface area (Å²) in [5, 5.41) is 8.59. The molecule has 138 valence electrons. The zero-order chi connectivity index (χ0) is 17.5. The quantitative estimate of drug-likeness (QED) is 0.288. The summed E-state index contributed by atoms with van der Waals surface area (Å²) in [6, 6.07) is 3.78. The van der Waals surface area contributed by atoms with E-state index in [0.29, 0.717) is 29.6 Å². The van der Waals surface area contributed by atoms with E-state index in [9.17, 15) is 4.79 Å². The molecule has 8 heteroatoms. The van der Waals surface area contributed by atoms with Crippen molar-refractivity contribution in [3.63, 3.8) is 0 Å². The van der Waals surface area contributed by atoms with Crippen molar-refractivity contribution in [2.45, 2.75) is 33.9 Å². The third-order valence-electron chi connectivity index (χ3n) is 3.50. The first-order valence-corrected chi connectivity index (χ1v) is 8.65. The third kappa shape index (κ3) is 6.03. The molecule has 0 radical (unpaired) electrons. The maximum atomic E-state index is 11.6. The zero-order valence-electron chi connectivity index (χ0n) is 14.8. The van der Waals surface area contributed by atoms with Crippen LogP contribution in [0.5, 0.6) is 0 Å². The number of ether oxygens (including phenoxy) is 1. The van der Waals surface area contributed by atoms with Gasteiger partial charge in [-0.1, -0.05) is 0 Å². The van der Waals surface area contributed by atoms with Crippen LogP contribution in [0.15, 0.2) is 26.9 Å². The van der Waals surface area contributed by atoms with Crippen LogP contribution in [0.2, 0.25) is 0 Å². The molecule has 0 fully saturated rings. The summed E-state index contributed by atoms with van der Waals surface area (Å²) in [6.07, 6.45) is 0. The molecule has 2 aromatic rings. The summed E-state index contributed by atoms with van der Waals surface area (Å²) in [7, 11) is 1.35. The van der Waals surface area contributed by atoms with Crippen LogP contribution in [0.3, 0.4) is 0 Å². The molecule has 0 atom stereocenters. The Morgan fingerprint density at radius 1 is 1.36 bits per heavy atom. The van der Waals surface area contributed by atoms with Gasteiger partial charge >= 0.3 is 5.97 Å². The standard InChI is InChI=1S/C17H23N3O3S.HI/c1-5-18-17(20-10-15-11(2)6-7-24-15)19-9-13-8-14(12(3)23-13)16(21)22-4;/h6-8H,5,9-10H2,1-4H3,(H2,18,19,20);1H. The van der Waals surface area contributed by atoms with Gasteiger partial charge in [0.1, 0.15) is 23.6 Å². The number of furan rings is 1. The molecule has 0 aliphatic heterocycles. The van der Waals surface area contributed by atoms with Crippen LogP contribution in [0.1, 0.15) is 39.2 Å². The molecule has 2 aromatic heterocycles. The number of halogens is 1. The second-order valence-corrected chi connectivity index (χ2v) is 6.25. The number of rotatable bonds is 6. The fraction of sp³-hybridized carbons (Fsp3) is 0.412. The fourth-order valence-electron chi connectivity index (χ4n) is 2.18. The van der Waals surface area contributed by atoms with E-state index in [1.165, 1.54) is 17.6 Å². The SMILES string of the molecule is CCNC(=NCc1cc(C(=O)OC)c(C)o1)NCc1sccc1C.I. The van der Waals surface area contributed by atoms with Gasteiger partial charge in [0, 0.05) is 11.4 Å². The molecular weight excluding hydrogens is 453 g/mol. The topological polar surface area (TPSA) is 75.9 Å². The zero-order valence-corrected chi connectivity index (χ0v) is 18.0. The van der Waals surface area contributed by atoms with Crippen molar-refractivity contribution in [2.75, 3.05) is 13.7 Å². The average Bonchev–Trinajstić information content (AvgIpc) is 3.15.